The van der Waals surface area contributed by atoms with Gasteiger partial charge < -0.3 is 10.6 Å². The fraction of sp³-hybridized carbons (Fsp3) is 0.875. The van der Waals surface area contributed by atoms with Crippen LogP contribution in [0.1, 0.15) is 13.8 Å². The monoisotopic (exact) mass is 187 g/mol. The van der Waals surface area contributed by atoms with Crippen LogP contribution >= 0.6 is 0 Å². The van der Waals surface area contributed by atoms with E-state index < -0.39 is 0 Å². The molecule has 0 radical (unpaired) electrons. The van der Waals surface area contributed by atoms with Crippen molar-refractivity contribution in [2.45, 2.75) is 19.9 Å². The van der Waals surface area contributed by atoms with Crippen LogP contribution in [-0.4, -0.2) is 37.5 Å². The molecule has 0 aromatic carbocycles. The predicted octanol–water partition coefficient (Wildman–Crippen LogP) is -0.649. The Hall–Kier alpha value is -0.810. The van der Waals surface area contributed by atoms with E-state index in [1.54, 1.807) is 0 Å². The van der Waals surface area contributed by atoms with Crippen molar-refractivity contribution in [3.05, 3.63) is 0 Å². The second kappa shape index (κ2) is 5.77. The zero-order valence-electron chi connectivity index (χ0n) is 8.91. The normalized spacial score (nSPS) is 15.2. The maximum Gasteiger partial charge on any atom is 0.203 e. The second-order valence-corrected chi connectivity index (χ2v) is 3.73. The highest BCUT2D eigenvalue weighted by Gasteiger charge is 2.13. The first-order valence-corrected chi connectivity index (χ1v) is 4.42. The van der Waals surface area contributed by atoms with Gasteiger partial charge in [-0.05, 0) is 20.0 Å². The molecule has 1 atom stereocenters. The number of hydrogen-bond donors (Lipinski definition) is 3. The van der Waals surface area contributed by atoms with E-state index in [1.165, 1.54) is 0 Å². The van der Waals surface area contributed by atoms with E-state index in [4.69, 9.17) is 11.6 Å². The third kappa shape index (κ3) is 5.43. The van der Waals surface area contributed by atoms with Gasteiger partial charge in [0.1, 0.15) is 0 Å². The summed E-state index contributed by atoms with van der Waals surface area (Å²) in [7, 11) is 4.02. The molecule has 0 aliphatic carbocycles. The molecule has 0 saturated carbocycles. The highest BCUT2D eigenvalue weighted by Crippen LogP contribution is 2.06. The summed E-state index contributed by atoms with van der Waals surface area (Å²) < 4.78 is 0. The van der Waals surface area contributed by atoms with E-state index in [2.05, 4.69) is 29.2 Å². The van der Waals surface area contributed by atoms with E-state index in [1.807, 2.05) is 14.1 Å². The number of aliphatic imine (C=N–C) groups is 1. The summed E-state index contributed by atoms with van der Waals surface area (Å²) in [5.74, 6) is 5.88. The van der Waals surface area contributed by atoms with Crippen molar-refractivity contribution in [1.29, 1.82) is 0 Å². The number of likely N-dealkylation sites (N-methyl/N-ethyl adjacent to an activating group) is 1. The first-order valence-electron chi connectivity index (χ1n) is 4.42. The van der Waals surface area contributed by atoms with E-state index in [0.717, 1.165) is 6.54 Å². The largest absolute Gasteiger partial charge is 0.369 e. The molecule has 0 aromatic heterocycles. The molecule has 78 valence electrons. The lowest BCUT2D eigenvalue weighted by molar-refractivity contribution is 0.331. The molecule has 0 aromatic rings. The minimum absolute atomic E-state index is 0.186. The maximum absolute atomic E-state index is 5.48. The van der Waals surface area contributed by atoms with Gasteiger partial charge in [-0.2, -0.15) is 0 Å². The van der Waals surface area contributed by atoms with Gasteiger partial charge in [-0.1, -0.05) is 13.8 Å². The fourth-order valence-electron chi connectivity index (χ4n) is 0.991. The summed E-state index contributed by atoms with van der Waals surface area (Å²) in [5.41, 5.74) is 7.82. The lowest BCUT2D eigenvalue weighted by Crippen LogP contribution is -2.40. The van der Waals surface area contributed by atoms with E-state index in [-0.39, 0.29) is 6.04 Å². The van der Waals surface area contributed by atoms with Crippen molar-refractivity contribution in [2.24, 2.45) is 22.5 Å². The van der Waals surface area contributed by atoms with Gasteiger partial charge in [0.15, 0.2) is 0 Å². The number of rotatable bonds is 4. The van der Waals surface area contributed by atoms with Crippen LogP contribution in [0.5, 0.6) is 0 Å². The Morgan fingerprint density at radius 2 is 2.00 bits per heavy atom. The van der Waals surface area contributed by atoms with Gasteiger partial charge in [-0.15, -0.1) is 0 Å². The van der Waals surface area contributed by atoms with Crippen molar-refractivity contribution >= 4 is 5.96 Å². The van der Waals surface area contributed by atoms with Crippen LogP contribution in [0, 0.1) is 5.92 Å². The molecular weight excluding hydrogens is 166 g/mol. The average Bonchev–Trinajstić information content (AvgIpc) is 2.02. The Morgan fingerprint density at radius 3 is 2.31 bits per heavy atom. The highest BCUT2D eigenvalue weighted by molar-refractivity contribution is 5.77. The molecule has 0 rings (SSSR count). The van der Waals surface area contributed by atoms with Gasteiger partial charge in [0, 0.05) is 6.54 Å². The molecule has 0 spiro atoms. The number of hydrogen-bond acceptors (Lipinski definition) is 3. The van der Waals surface area contributed by atoms with E-state index in [0.29, 0.717) is 11.9 Å². The minimum Gasteiger partial charge on any atom is -0.369 e. The van der Waals surface area contributed by atoms with Crippen LogP contribution in [0.4, 0.5) is 0 Å². The quantitative estimate of drug-likeness (QED) is 0.236. The zero-order chi connectivity index (χ0) is 10.4. The van der Waals surface area contributed by atoms with Gasteiger partial charge in [-0.3, -0.25) is 5.43 Å². The molecule has 0 aliphatic rings. The molecule has 5 heteroatoms. The Bertz CT molecular complexity index is 164. The third-order valence-electron chi connectivity index (χ3n) is 1.77. The van der Waals surface area contributed by atoms with Crippen molar-refractivity contribution in [1.82, 2.24) is 10.3 Å². The molecule has 0 amide bonds. The minimum atomic E-state index is 0.186. The van der Waals surface area contributed by atoms with E-state index >= 15 is 0 Å². The highest BCUT2D eigenvalue weighted by atomic mass is 15.3. The van der Waals surface area contributed by atoms with Crippen molar-refractivity contribution in [3.8, 4) is 0 Å². The van der Waals surface area contributed by atoms with Gasteiger partial charge in [0.2, 0.25) is 5.96 Å². The smallest absolute Gasteiger partial charge is 0.203 e. The van der Waals surface area contributed by atoms with Crippen molar-refractivity contribution in [3.63, 3.8) is 0 Å². The Kier molecular flexibility index (Phi) is 5.41. The summed E-state index contributed by atoms with van der Waals surface area (Å²) in [6.07, 6.45) is 0. The van der Waals surface area contributed by atoms with Gasteiger partial charge >= 0.3 is 0 Å². The lowest BCUT2D eigenvalue weighted by Gasteiger charge is -2.21. The SMILES string of the molecule is CC(C)C(CN(C)C)N=C(N)NN. The number of hydrazine groups is 1. The van der Waals surface area contributed by atoms with Crippen molar-refractivity contribution < 1.29 is 0 Å². The summed E-state index contributed by atoms with van der Waals surface area (Å²) in [6.45, 7) is 5.10. The number of nitrogens with zero attached hydrogens (tertiary/aromatic N) is 2. The molecular formula is C8H21N5. The van der Waals surface area contributed by atoms with Crippen LogP contribution in [0.15, 0.2) is 4.99 Å². The molecule has 0 heterocycles. The molecule has 1 unspecified atom stereocenters. The number of nitrogens with one attached hydrogen (secondary N) is 1. The lowest BCUT2D eigenvalue weighted by atomic mass is 10.1. The van der Waals surface area contributed by atoms with Crippen LogP contribution < -0.4 is 17.0 Å². The summed E-state index contributed by atoms with van der Waals surface area (Å²) >= 11 is 0. The molecule has 0 aliphatic heterocycles. The molecule has 0 fully saturated rings. The Labute approximate surface area is 80.1 Å². The van der Waals surface area contributed by atoms with Gasteiger partial charge in [0.05, 0.1) is 6.04 Å². The maximum atomic E-state index is 5.48. The van der Waals surface area contributed by atoms with Crippen molar-refractivity contribution in [2.75, 3.05) is 20.6 Å². The molecule has 13 heavy (non-hydrogen) atoms. The fourth-order valence-corrected chi connectivity index (χ4v) is 0.991. The van der Waals surface area contributed by atoms with Crippen LogP contribution in [0.2, 0.25) is 0 Å². The molecule has 0 saturated heterocycles. The molecule has 5 N–H and O–H groups in total. The van der Waals surface area contributed by atoms with Crippen LogP contribution in [0.3, 0.4) is 0 Å². The number of guanidine groups is 1. The first-order chi connectivity index (χ1) is 5.97. The standard InChI is InChI=1S/C8H21N5/c1-6(2)7(5-13(3)4)11-8(9)12-10/h6-7H,5,10H2,1-4H3,(H3,9,11,12). The average molecular weight is 187 g/mol. The van der Waals surface area contributed by atoms with Crippen LogP contribution in [-0.2, 0) is 0 Å². The summed E-state index contributed by atoms with van der Waals surface area (Å²) in [6, 6.07) is 0.186. The molecule has 0 bridgehead atoms. The number of nitrogens with two attached hydrogens (primary N) is 2. The van der Waals surface area contributed by atoms with Gasteiger partial charge in [-0.25, -0.2) is 10.8 Å². The molecule has 5 nitrogen and oxygen atoms in total. The third-order valence-corrected chi connectivity index (χ3v) is 1.77. The Balaban J connectivity index is 4.26. The van der Waals surface area contributed by atoms with Crippen LogP contribution in [0.25, 0.3) is 0 Å². The predicted molar refractivity (Wildman–Crippen MR) is 56.1 cm³/mol. The topological polar surface area (TPSA) is 79.7 Å². The summed E-state index contributed by atoms with van der Waals surface area (Å²) in [4.78, 5) is 6.33. The first kappa shape index (κ1) is 12.2. The zero-order valence-corrected chi connectivity index (χ0v) is 8.91. The van der Waals surface area contributed by atoms with Gasteiger partial charge in [0.25, 0.3) is 0 Å². The van der Waals surface area contributed by atoms with E-state index in [9.17, 15) is 0 Å². The Morgan fingerprint density at radius 1 is 1.46 bits per heavy atom. The summed E-state index contributed by atoms with van der Waals surface area (Å²) in [5, 5.41) is 0. The second-order valence-electron chi connectivity index (χ2n) is 3.73.